The smallest absolute Gasteiger partial charge is 0.305 e. The normalized spacial score (nSPS) is 18.6. The van der Waals surface area contributed by atoms with Crippen LogP contribution in [0.1, 0.15) is 18.0 Å². The van der Waals surface area contributed by atoms with Gasteiger partial charge in [-0.2, -0.15) is 0 Å². The molecule has 1 aliphatic rings. The number of carboxylic acid groups (broad SMARTS) is 1. The zero-order valence-corrected chi connectivity index (χ0v) is 14.1. The SMILES string of the molecule is NC(CC(=O)O)c1ccc2c(c1)OCCOCCOCCOCCO2. The van der Waals surface area contributed by atoms with Gasteiger partial charge in [0.2, 0.25) is 0 Å². The third kappa shape index (κ3) is 7.27. The molecule has 1 aliphatic heterocycles. The number of fused-ring (bicyclic) bond motifs is 1. The van der Waals surface area contributed by atoms with Gasteiger partial charge in [0.1, 0.15) is 13.2 Å². The molecular formula is C17H25NO7. The number of carbonyl (C=O) groups is 1. The Morgan fingerprint density at radius 1 is 0.920 bits per heavy atom. The molecule has 1 unspecified atom stereocenters. The number of carboxylic acids is 1. The zero-order valence-electron chi connectivity index (χ0n) is 14.1. The lowest BCUT2D eigenvalue weighted by atomic mass is 10.0. The van der Waals surface area contributed by atoms with Crippen molar-refractivity contribution in [2.75, 3.05) is 52.9 Å². The summed E-state index contributed by atoms with van der Waals surface area (Å²) in [6, 6.07) is 4.58. The van der Waals surface area contributed by atoms with Crippen LogP contribution in [0.15, 0.2) is 18.2 Å². The molecule has 1 heterocycles. The highest BCUT2D eigenvalue weighted by Crippen LogP contribution is 2.31. The third-order valence-corrected chi connectivity index (χ3v) is 3.50. The largest absolute Gasteiger partial charge is 0.487 e. The molecule has 0 amide bonds. The summed E-state index contributed by atoms with van der Waals surface area (Å²) < 4.78 is 27.6. The summed E-state index contributed by atoms with van der Waals surface area (Å²) in [6.07, 6.45) is -0.156. The second-order valence-corrected chi connectivity index (χ2v) is 5.44. The number of hydrogen-bond donors (Lipinski definition) is 2. The van der Waals surface area contributed by atoms with Crippen molar-refractivity contribution in [3.05, 3.63) is 23.8 Å². The summed E-state index contributed by atoms with van der Waals surface area (Å²) in [5.74, 6) is 0.114. The first-order valence-electron chi connectivity index (χ1n) is 8.27. The van der Waals surface area contributed by atoms with Crippen LogP contribution in [0.4, 0.5) is 0 Å². The Hall–Kier alpha value is -1.87. The Labute approximate surface area is 146 Å². The van der Waals surface area contributed by atoms with E-state index in [1.165, 1.54) is 0 Å². The summed E-state index contributed by atoms with van der Waals surface area (Å²) >= 11 is 0. The van der Waals surface area contributed by atoms with E-state index < -0.39 is 12.0 Å². The van der Waals surface area contributed by atoms with Crippen molar-refractivity contribution in [3.63, 3.8) is 0 Å². The molecule has 1 aromatic carbocycles. The molecule has 0 aromatic heterocycles. The molecule has 1 atom stereocenters. The zero-order chi connectivity index (χ0) is 17.9. The van der Waals surface area contributed by atoms with Crippen LogP contribution < -0.4 is 15.2 Å². The van der Waals surface area contributed by atoms with E-state index in [4.69, 9.17) is 34.5 Å². The van der Waals surface area contributed by atoms with Crippen LogP contribution in [-0.2, 0) is 19.0 Å². The molecule has 0 saturated carbocycles. The van der Waals surface area contributed by atoms with Crippen LogP contribution in [0, 0.1) is 0 Å². The second kappa shape index (κ2) is 10.9. The van der Waals surface area contributed by atoms with E-state index in [0.717, 1.165) is 0 Å². The lowest BCUT2D eigenvalue weighted by molar-refractivity contribution is -0.137. The maximum Gasteiger partial charge on any atom is 0.305 e. The highest BCUT2D eigenvalue weighted by atomic mass is 16.6. The predicted molar refractivity (Wildman–Crippen MR) is 89.1 cm³/mol. The Balaban J connectivity index is 2.05. The highest BCUT2D eigenvalue weighted by molar-refractivity contribution is 5.68. The lowest BCUT2D eigenvalue weighted by Gasteiger charge is -2.16. The van der Waals surface area contributed by atoms with Crippen molar-refractivity contribution >= 4 is 5.97 Å². The van der Waals surface area contributed by atoms with Gasteiger partial charge in [-0.3, -0.25) is 4.79 Å². The summed E-state index contributed by atoms with van der Waals surface area (Å²) in [5, 5.41) is 8.89. The molecule has 140 valence electrons. The van der Waals surface area contributed by atoms with Crippen molar-refractivity contribution in [3.8, 4) is 11.5 Å². The van der Waals surface area contributed by atoms with Crippen molar-refractivity contribution in [2.45, 2.75) is 12.5 Å². The van der Waals surface area contributed by atoms with Crippen LogP contribution >= 0.6 is 0 Å². The maximum atomic E-state index is 10.8. The first kappa shape index (κ1) is 19.5. The first-order valence-corrected chi connectivity index (χ1v) is 8.27. The van der Waals surface area contributed by atoms with Gasteiger partial charge in [0.05, 0.1) is 46.1 Å². The number of aliphatic carboxylic acids is 1. The molecule has 0 radical (unpaired) electrons. The molecule has 2 rings (SSSR count). The van der Waals surface area contributed by atoms with Crippen LogP contribution in [-0.4, -0.2) is 63.9 Å². The van der Waals surface area contributed by atoms with Crippen molar-refractivity contribution in [1.82, 2.24) is 0 Å². The van der Waals surface area contributed by atoms with Gasteiger partial charge in [-0.1, -0.05) is 6.07 Å². The fourth-order valence-electron chi connectivity index (χ4n) is 2.26. The average molecular weight is 355 g/mol. The fourth-order valence-corrected chi connectivity index (χ4v) is 2.26. The molecule has 25 heavy (non-hydrogen) atoms. The van der Waals surface area contributed by atoms with E-state index in [-0.39, 0.29) is 6.42 Å². The standard InChI is InChI=1S/C17H25NO7/c18-14(12-17(19)20)13-1-2-15-16(11-13)25-10-8-23-6-4-21-3-5-22-7-9-24-15/h1-2,11,14H,3-10,12,18H2,(H,19,20). The highest BCUT2D eigenvalue weighted by Gasteiger charge is 2.14. The number of hydrogen-bond acceptors (Lipinski definition) is 7. The second-order valence-electron chi connectivity index (χ2n) is 5.44. The van der Waals surface area contributed by atoms with E-state index in [9.17, 15) is 4.79 Å². The first-order chi connectivity index (χ1) is 12.2. The molecule has 1 aromatic rings. The number of ether oxygens (including phenoxy) is 5. The predicted octanol–water partition coefficient (Wildman–Crippen LogP) is 0.982. The summed E-state index contributed by atoms with van der Waals surface area (Å²) in [7, 11) is 0. The van der Waals surface area contributed by atoms with E-state index in [1.54, 1.807) is 18.2 Å². The minimum atomic E-state index is -0.950. The molecule has 8 nitrogen and oxygen atoms in total. The summed E-state index contributed by atoms with van der Waals surface area (Å²) in [6.45, 7) is 3.54. The molecule has 0 bridgehead atoms. The Morgan fingerprint density at radius 2 is 1.44 bits per heavy atom. The fraction of sp³-hybridized carbons (Fsp3) is 0.588. The van der Waals surface area contributed by atoms with Gasteiger partial charge in [-0.15, -0.1) is 0 Å². The molecule has 8 heteroatoms. The Morgan fingerprint density at radius 3 is 2.00 bits per heavy atom. The molecule has 0 fully saturated rings. The van der Waals surface area contributed by atoms with E-state index in [2.05, 4.69) is 0 Å². The third-order valence-electron chi connectivity index (χ3n) is 3.50. The van der Waals surface area contributed by atoms with Crippen molar-refractivity contribution in [1.29, 1.82) is 0 Å². The van der Waals surface area contributed by atoms with Crippen LogP contribution in [0.5, 0.6) is 11.5 Å². The molecule has 0 saturated heterocycles. The monoisotopic (exact) mass is 355 g/mol. The van der Waals surface area contributed by atoms with Gasteiger partial charge in [0, 0.05) is 6.04 Å². The Kier molecular flexibility index (Phi) is 8.47. The van der Waals surface area contributed by atoms with Crippen LogP contribution in [0.3, 0.4) is 0 Å². The lowest BCUT2D eigenvalue weighted by Crippen LogP contribution is -2.16. The van der Waals surface area contributed by atoms with Crippen LogP contribution in [0.25, 0.3) is 0 Å². The number of rotatable bonds is 3. The van der Waals surface area contributed by atoms with Gasteiger partial charge in [-0.05, 0) is 17.7 Å². The number of benzene rings is 1. The number of nitrogens with two attached hydrogens (primary N) is 1. The molecule has 3 N–H and O–H groups in total. The van der Waals surface area contributed by atoms with Gasteiger partial charge in [0.25, 0.3) is 0 Å². The van der Waals surface area contributed by atoms with Gasteiger partial charge in [-0.25, -0.2) is 0 Å². The molecule has 0 spiro atoms. The van der Waals surface area contributed by atoms with Gasteiger partial charge >= 0.3 is 5.97 Å². The van der Waals surface area contributed by atoms with Crippen molar-refractivity contribution < 1.29 is 33.6 Å². The Bertz CT molecular complexity index is 538. The van der Waals surface area contributed by atoms with E-state index in [1.807, 2.05) is 0 Å². The van der Waals surface area contributed by atoms with E-state index in [0.29, 0.717) is 69.9 Å². The maximum absolute atomic E-state index is 10.8. The minimum Gasteiger partial charge on any atom is -0.487 e. The van der Waals surface area contributed by atoms with Gasteiger partial charge in [0.15, 0.2) is 11.5 Å². The van der Waals surface area contributed by atoms with Crippen LogP contribution in [0.2, 0.25) is 0 Å². The average Bonchev–Trinajstić information content (AvgIpc) is 2.59. The molecular weight excluding hydrogens is 330 g/mol. The summed E-state index contributed by atoms with van der Waals surface area (Å²) in [5.41, 5.74) is 6.59. The topological polar surface area (TPSA) is 109 Å². The molecule has 0 aliphatic carbocycles. The van der Waals surface area contributed by atoms with Crippen molar-refractivity contribution in [2.24, 2.45) is 5.73 Å². The quantitative estimate of drug-likeness (QED) is 0.826. The summed E-state index contributed by atoms with van der Waals surface area (Å²) in [4.78, 5) is 10.8. The van der Waals surface area contributed by atoms with Gasteiger partial charge < -0.3 is 34.5 Å². The minimum absolute atomic E-state index is 0.156. The van der Waals surface area contributed by atoms with E-state index >= 15 is 0 Å².